The zero-order valence-corrected chi connectivity index (χ0v) is 18.2. The number of anilines is 2. The van der Waals surface area contributed by atoms with Crippen LogP contribution in [0.25, 0.3) is 10.9 Å². The highest BCUT2D eigenvalue weighted by Crippen LogP contribution is 2.20. The second kappa shape index (κ2) is 10.3. The fourth-order valence-corrected chi connectivity index (χ4v) is 3.48. The van der Waals surface area contributed by atoms with Gasteiger partial charge in [-0.05, 0) is 48.4 Å². The van der Waals surface area contributed by atoms with Crippen molar-refractivity contribution in [3.63, 3.8) is 0 Å². The Morgan fingerprint density at radius 1 is 1.27 bits per heavy atom. The molecule has 9 heteroatoms. The van der Waals surface area contributed by atoms with Crippen LogP contribution in [-0.4, -0.2) is 39.5 Å². The monoisotopic (exact) mass is 447 g/mol. The molecule has 0 aliphatic carbocycles. The molecule has 1 heterocycles. The van der Waals surface area contributed by atoms with Crippen LogP contribution in [0, 0.1) is 12.3 Å². The Kier molecular flexibility index (Phi) is 7.31. The SMILES string of the molecule is C#CCN(Cc1ccc2nc(N)[nH]c(=O)c2c1)c1ccc(C(=O)N[C@@H](CCC)C(=O)O)cc1. The highest BCUT2D eigenvalue weighted by molar-refractivity contribution is 5.96. The number of hydrogen-bond acceptors (Lipinski definition) is 6. The summed E-state index contributed by atoms with van der Waals surface area (Å²) in [5.41, 5.74) is 7.75. The van der Waals surface area contributed by atoms with Crippen LogP contribution >= 0.6 is 0 Å². The molecule has 9 nitrogen and oxygen atoms in total. The summed E-state index contributed by atoms with van der Waals surface area (Å²) in [7, 11) is 0. The van der Waals surface area contributed by atoms with Gasteiger partial charge in [0.1, 0.15) is 6.04 Å². The van der Waals surface area contributed by atoms with E-state index in [-0.39, 0.29) is 11.5 Å². The third kappa shape index (κ3) is 5.68. The van der Waals surface area contributed by atoms with Crippen LogP contribution < -0.4 is 21.5 Å². The van der Waals surface area contributed by atoms with E-state index in [1.807, 2.05) is 17.9 Å². The molecule has 0 aliphatic rings. The summed E-state index contributed by atoms with van der Waals surface area (Å²) >= 11 is 0. The lowest BCUT2D eigenvalue weighted by molar-refractivity contribution is -0.139. The molecule has 0 saturated heterocycles. The molecule has 0 bridgehead atoms. The number of H-pyrrole nitrogens is 1. The zero-order valence-electron chi connectivity index (χ0n) is 18.2. The van der Waals surface area contributed by atoms with Crippen molar-refractivity contribution in [2.75, 3.05) is 17.2 Å². The predicted octanol–water partition coefficient (Wildman–Crippen LogP) is 2.13. The third-order valence-corrected chi connectivity index (χ3v) is 5.12. The van der Waals surface area contributed by atoms with Crippen molar-refractivity contribution < 1.29 is 14.7 Å². The van der Waals surface area contributed by atoms with E-state index >= 15 is 0 Å². The second-order valence-electron chi connectivity index (χ2n) is 7.56. The predicted molar refractivity (Wildman–Crippen MR) is 127 cm³/mol. The van der Waals surface area contributed by atoms with Crippen molar-refractivity contribution in [3.8, 4) is 12.3 Å². The molecule has 1 atom stereocenters. The van der Waals surface area contributed by atoms with Crippen LogP contribution in [0.3, 0.4) is 0 Å². The normalized spacial score (nSPS) is 11.5. The molecule has 0 radical (unpaired) electrons. The summed E-state index contributed by atoms with van der Waals surface area (Å²) in [6, 6.07) is 11.1. The molecule has 0 saturated carbocycles. The molecule has 3 rings (SSSR count). The summed E-state index contributed by atoms with van der Waals surface area (Å²) in [6.07, 6.45) is 6.54. The second-order valence-corrected chi connectivity index (χ2v) is 7.56. The minimum atomic E-state index is -1.06. The lowest BCUT2D eigenvalue weighted by Crippen LogP contribution is -2.40. The van der Waals surface area contributed by atoms with Crippen molar-refractivity contribution in [1.29, 1.82) is 0 Å². The summed E-state index contributed by atoms with van der Waals surface area (Å²) in [4.78, 5) is 44.5. The number of carbonyl (C=O) groups excluding carboxylic acids is 1. The summed E-state index contributed by atoms with van der Waals surface area (Å²) in [5.74, 6) is 1.16. The lowest BCUT2D eigenvalue weighted by Gasteiger charge is -2.23. The first kappa shape index (κ1) is 23.3. The number of aliphatic carboxylic acids is 1. The van der Waals surface area contributed by atoms with E-state index in [1.165, 1.54) is 0 Å². The van der Waals surface area contributed by atoms with Crippen LogP contribution in [0.2, 0.25) is 0 Å². The summed E-state index contributed by atoms with van der Waals surface area (Å²) < 4.78 is 0. The van der Waals surface area contributed by atoms with Crippen molar-refractivity contribution in [1.82, 2.24) is 15.3 Å². The van der Waals surface area contributed by atoms with E-state index in [9.17, 15) is 19.5 Å². The van der Waals surface area contributed by atoms with Gasteiger partial charge in [-0.3, -0.25) is 14.6 Å². The fourth-order valence-electron chi connectivity index (χ4n) is 3.48. The third-order valence-electron chi connectivity index (χ3n) is 5.12. The minimum absolute atomic E-state index is 0.0581. The van der Waals surface area contributed by atoms with E-state index in [2.05, 4.69) is 21.2 Å². The number of hydrogen-bond donors (Lipinski definition) is 4. The Labute approximate surface area is 190 Å². The highest BCUT2D eigenvalue weighted by Gasteiger charge is 2.19. The highest BCUT2D eigenvalue weighted by atomic mass is 16.4. The van der Waals surface area contributed by atoms with Crippen LogP contribution in [0.4, 0.5) is 11.6 Å². The van der Waals surface area contributed by atoms with E-state index in [0.717, 1.165) is 11.3 Å². The molecule has 33 heavy (non-hydrogen) atoms. The van der Waals surface area contributed by atoms with Crippen molar-refractivity contribution in [2.45, 2.75) is 32.4 Å². The molecular weight excluding hydrogens is 422 g/mol. The number of carboxylic acid groups (broad SMARTS) is 1. The van der Waals surface area contributed by atoms with Crippen molar-refractivity contribution in [2.24, 2.45) is 0 Å². The molecule has 0 spiro atoms. The van der Waals surface area contributed by atoms with Gasteiger partial charge in [0.25, 0.3) is 11.5 Å². The number of benzene rings is 2. The maximum Gasteiger partial charge on any atom is 0.326 e. The van der Waals surface area contributed by atoms with E-state index < -0.39 is 17.9 Å². The average Bonchev–Trinajstić information content (AvgIpc) is 2.78. The van der Waals surface area contributed by atoms with Crippen LogP contribution in [0.1, 0.15) is 35.7 Å². The largest absolute Gasteiger partial charge is 0.480 e. The van der Waals surface area contributed by atoms with Gasteiger partial charge in [0.05, 0.1) is 17.4 Å². The number of carbonyl (C=O) groups is 2. The number of rotatable bonds is 9. The molecule has 1 amide bonds. The van der Waals surface area contributed by atoms with Gasteiger partial charge >= 0.3 is 5.97 Å². The van der Waals surface area contributed by atoms with Gasteiger partial charge in [-0.2, -0.15) is 0 Å². The van der Waals surface area contributed by atoms with Crippen molar-refractivity contribution in [3.05, 3.63) is 63.9 Å². The van der Waals surface area contributed by atoms with Gasteiger partial charge < -0.3 is 21.1 Å². The van der Waals surface area contributed by atoms with Gasteiger partial charge in [0.15, 0.2) is 0 Å². The van der Waals surface area contributed by atoms with Crippen LogP contribution in [-0.2, 0) is 11.3 Å². The molecular formula is C24H25N5O4. The first-order chi connectivity index (χ1) is 15.8. The molecule has 5 N–H and O–H groups in total. The Hall–Kier alpha value is -4.32. The number of nitrogen functional groups attached to an aromatic ring is 1. The van der Waals surface area contributed by atoms with E-state index in [0.29, 0.717) is 42.4 Å². The molecule has 3 aromatic rings. The standard InChI is InChI=1S/C24H25N5O4/c1-3-5-20(23(32)33)26-21(30)16-7-9-17(10-8-16)29(12-4-2)14-15-6-11-19-18(13-15)22(31)28-24(25)27-19/h2,6-11,13,20H,3,5,12,14H2,1H3,(H,26,30)(H,32,33)(H3,25,27,28,31)/t20-/m0/s1. The summed E-state index contributed by atoms with van der Waals surface area (Å²) in [6.45, 7) is 2.58. The first-order valence-electron chi connectivity index (χ1n) is 10.4. The molecule has 0 aliphatic heterocycles. The number of nitrogens with two attached hydrogens (primary N) is 1. The zero-order chi connectivity index (χ0) is 24.0. The van der Waals surface area contributed by atoms with Gasteiger partial charge in [-0.15, -0.1) is 6.42 Å². The average molecular weight is 447 g/mol. The number of aromatic amines is 1. The van der Waals surface area contributed by atoms with Gasteiger partial charge in [0, 0.05) is 17.8 Å². The molecule has 1 aromatic heterocycles. The number of fused-ring (bicyclic) bond motifs is 1. The van der Waals surface area contributed by atoms with Gasteiger partial charge in [-0.1, -0.05) is 25.3 Å². The Bertz CT molecular complexity index is 1260. The van der Waals surface area contributed by atoms with Crippen molar-refractivity contribution >= 4 is 34.4 Å². The van der Waals surface area contributed by atoms with Crippen LogP contribution in [0.5, 0.6) is 0 Å². The number of aromatic nitrogens is 2. The Morgan fingerprint density at radius 3 is 2.64 bits per heavy atom. The smallest absolute Gasteiger partial charge is 0.326 e. The van der Waals surface area contributed by atoms with E-state index in [1.54, 1.807) is 36.4 Å². The summed E-state index contributed by atoms with van der Waals surface area (Å²) in [5, 5.41) is 12.2. The first-order valence-corrected chi connectivity index (χ1v) is 10.4. The molecule has 0 fully saturated rings. The van der Waals surface area contributed by atoms with Crippen LogP contribution in [0.15, 0.2) is 47.3 Å². The quantitative estimate of drug-likeness (QED) is 0.368. The number of amides is 1. The van der Waals surface area contributed by atoms with E-state index in [4.69, 9.17) is 12.2 Å². The number of carboxylic acids is 1. The Morgan fingerprint density at radius 2 is 2.00 bits per heavy atom. The molecule has 170 valence electrons. The maximum atomic E-state index is 12.4. The van der Waals surface area contributed by atoms with Gasteiger partial charge in [-0.25, -0.2) is 9.78 Å². The van der Waals surface area contributed by atoms with Gasteiger partial charge in [0.2, 0.25) is 5.95 Å². The molecule has 0 unspecified atom stereocenters. The fraction of sp³-hybridized carbons (Fsp3) is 0.250. The number of terminal acetylenes is 1. The number of nitrogens with zero attached hydrogens (tertiary/aromatic N) is 2. The lowest BCUT2D eigenvalue weighted by atomic mass is 10.1. The minimum Gasteiger partial charge on any atom is -0.480 e. The Balaban J connectivity index is 1.79. The topological polar surface area (TPSA) is 141 Å². The number of nitrogens with one attached hydrogen (secondary N) is 2. The maximum absolute atomic E-state index is 12.4. The molecule has 2 aromatic carbocycles.